The largest absolute Gasteiger partial charge is 0.508 e. The van der Waals surface area contributed by atoms with Crippen LogP contribution in [0.1, 0.15) is 40.2 Å². The smallest absolute Gasteiger partial charge is 0.329 e. The van der Waals surface area contributed by atoms with Crippen LogP contribution < -0.4 is 14.9 Å². The number of rotatable bonds is 11. The van der Waals surface area contributed by atoms with Gasteiger partial charge in [0.05, 0.1) is 11.1 Å². The molecule has 3 N–H and O–H groups in total. The molecule has 0 saturated heterocycles. The Labute approximate surface area is 234 Å². The highest BCUT2D eigenvalue weighted by Gasteiger charge is 2.28. The number of hydrogen-bond acceptors (Lipinski definition) is 9. The molecule has 2 aromatic carbocycles. The van der Waals surface area contributed by atoms with Crippen molar-refractivity contribution in [2.75, 3.05) is 28.0 Å². The summed E-state index contributed by atoms with van der Waals surface area (Å²) in [5, 5.41) is 13.2. The molecule has 3 aromatic rings. The van der Waals surface area contributed by atoms with Gasteiger partial charge in [0.2, 0.25) is 5.95 Å². The fourth-order valence-electron chi connectivity index (χ4n) is 3.63. The Kier molecular flexibility index (Phi) is 9.63. The Morgan fingerprint density at radius 2 is 1.69 bits per heavy atom. The molecule has 0 saturated carbocycles. The van der Waals surface area contributed by atoms with Crippen LogP contribution in [-0.4, -0.2) is 54.2 Å². The second-order valence-electron chi connectivity index (χ2n) is 9.76. The maximum absolute atomic E-state index is 13.3. The lowest BCUT2D eigenvalue weighted by atomic mass is 10.1. The van der Waals surface area contributed by atoms with Crippen molar-refractivity contribution in [2.45, 2.75) is 57.6 Å². The number of carbonyl (C=O) groups is 1. The van der Waals surface area contributed by atoms with Crippen LogP contribution in [0.5, 0.6) is 5.75 Å². The van der Waals surface area contributed by atoms with Crippen LogP contribution in [0, 0.1) is 0 Å². The zero-order valence-electron chi connectivity index (χ0n) is 22.6. The van der Waals surface area contributed by atoms with Gasteiger partial charge in [0.15, 0.2) is 5.82 Å². The number of aromatic nitrogens is 2. The second-order valence-corrected chi connectivity index (χ2v) is 11.9. The van der Waals surface area contributed by atoms with E-state index in [1.807, 2.05) is 18.7 Å². The quantitative estimate of drug-likeness (QED) is 0.274. The molecule has 3 rings (SSSR count). The number of aromatic hydroxyl groups is 1. The lowest BCUT2D eigenvalue weighted by Gasteiger charge is -2.26. The van der Waals surface area contributed by atoms with Crippen molar-refractivity contribution in [3.63, 3.8) is 0 Å². The molecular weight excluding hydrogens is 542 g/mol. The van der Waals surface area contributed by atoms with Crippen molar-refractivity contribution in [1.29, 1.82) is 0 Å². The van der Waals surface area contributed by atoms with E-state index in [9.17, 15) is 18.3 Å². The minimum absolute atomic E-state index is 0.00143. The first-order valence-electron chi connectivity index (χ1n) is 12.5. The van der Waals surface area contributed by atoms with Gasteiger partial charge in [-0.15, -0.1) is 0 Å². The van der Waals surface area contributed by atoms with Crippen LogP contribution in [0.4, 0.5) is 17.5 Å². The van der Waals surface area contributed by atoms with Gasteiger partial charge in [0.25, 0.3) is 10.0 Å². The molecule has 210 valence electrons. The summed E-state index contributed by atoms with van der Waals surface area (Å²) in [5.74, 6) is 0.0211. The fourth-order valence-corrected chi connectivity index (χ4v) is 4.81. The molecule has 0 unspecified atom stereocenters. The van der Waals surface area contributed by atoms with Gasteiger partial charge in [-0.1, -0.05) is 23.7 Å². The average molecular weight is 576 g/mol. The van der Waals surface area contributed by atoms with E-state index in [1.54, 1.807) is 32.9 Å². The van der Waals surface area contributed by atoms with Crippen molar-refractivity contribution in [3.05, 3.63) is 65.3 Å². The summed E-state index contributed by atoms with van der Waals surface area (Å²) in [6, 6.07) is 11.2. The Morgan fingerprint density at radius 3 is 2.26 bits per heavy atom. The molecule has 10 nitrogen and oxygen atoms in total. The van der Waals surface area contributed by atoms with E-state index in [0.717, 1.165) is 5.56 Å². The summed E-state index contributed by atoms with van der Waals surface area (Å²) in [7, 11) is -4.03. The third-order valence-electron chi connectivity index (χ3n) is 5.57. The third-order valence-corrected chi connectivity index (χ3v) is 7.20. The molecule has 1 heterocycles. The number of hydrogen-bond donors (Lipinski definition) is 3. The maximum Gasteiger partial charge on any atom is 0.329 e. The number of nitrogens with one attached hydrogen (secondary N) is 2. The zero-order valence-corrected chi connectivity index (χ0v) is 24.2. The number of carbonyl (C=O) groups excluding carboxylic acids is 1. The van der Waals surface area contributed by atoms with E-state index in [-0.39, 0.29) is 28.6 Å². The third kappa shape index (κ3) is 8.46. The van der Waals surface area contributed by atoms with Crippen LogP contribution in [-0.2, 0) is 26.0 Å². The van der Waals surface area contributed by atoms with Gasteiger partial charge < -0.3 is 20.1 Å². The molecule has 0 bridgehead atoms. The summed E-state index contributed by atoms with van der Waals surface area (Å²) in [6.45, 7) is 10.4. The van der Waals surface area contributed by atoms with Gasteiger partial charge in [-0.3, -0.25) is 4.72 Å². The molecule has 0 spiro atoms. The van der Waals surface area contributed by atoms with E-state index in [0.29, 0.717) is 24.1 Å². The standard InChI is InChI=1S/C27H34ClN5O5S/c1-6-33(7-2)26-29-17-23(32-39(36,37)21-14-10-19(28)11-15-21)24(31-26)30-22(25(35)38-27(3,4)5)16-18-8-12-20(34)13-9-18/h8-15,17,22,32,34H,6-7,16H2,1-5H3,(H,29,30,31)/t22-/m0/s1. The van der Waals surface area contributed by atoms with Gasteiger partial charge in [0.1, 0.15) is 23.1 Å². The number of phenolic OH excluding ortho intramolecular Hbond substituents is 1. The van der Waals surface area contributed by atoms with Crippen LogP contribution in [0.15, 0.2) is 59.6 Å². The molecule has 0 amide bonds. The van der Waals surface area contributed by atoms with Crippen molar-refractivity contribution in [2.24, 2.45) is 0 Å². The Bertz CT molecular complexity index is 1370. The predicted molar refractivity (Wildman–Crippen MR) is 153 cm³/mol. The number of ether oxygens (including phenoxy) is 1. The molecule has 0 aliphatic heterocycles. The zero-order chi connectivity index (χ0) is 28.8. The molecular formula is C27H34ClN5O5S. The molecule has 1 atom stereocenters. The first-order valence-corrected chi connectivity index (χ1v) is 14.3. The van der Waals surface area contributed by atoms with Crippen molar-refractivity contribution >= 4 is 45.0 Å². The number of phenols is 1. The van der Waals surface area contributed by atoms with E-state index >= 15 is 0 Å². The Balaban J connectivity index is 2.04. The van der Waals surface area contributed by atoms with E-state index in [1.165, 1.54) is 42.6 Å². The van der Waals surface area contributed by atoms with Gasteiger partial charge in [0, 0.05) is 24.5 Å². The highest BCUT2D eigenvalue weighted by molar-refractivity contribution is 7.92. The maximum atomic E-state index is 13.3. The lowest BCUT2D eigenvalue weighted by Crippen LogP contribution is -2.38. The van der Waals surface area contributed by atoms with Crippen molar-refractivity contribution in [1.82, 2.24) is 9.97 Å². The number of anilines is 3. The van der Waals surface area contributed by atoms with Crippen LogP contribution in [0.3, 0.4) is 0 Å². The highest BCUT2D eigenvalue weighted by atomic mass is 35.5. The first-order chi connectivity index (χ1) is 18.3. The van der Waals surface area contributed by atoms with Crippen molar-refractivity contribution in [3.8, 4) is 5.75 Å². The predicted octanol–water partition coefficient (Wildman–Crippen LogP) is 4.85. The van der Waals surface area contributed by atoms with Gasteiger partial charge in [-0.05, 0) is 76.6 Å². The Morgan fingerprint density at radius 1 is 1.08 bits per heavy atom. The fraction of sp³-hybridized carbons (Fsp3) is 0.370. The highest BCUT2D eigenvalue weighted by Crippen LogP contribution is 2.27. The molecule has 0 aliphatic rings. The summed E-state index contributed by atoms with van der Waals surface area (Å²) in [6.07, 6.45) is 1.55. The monoisotopic (exact) mass is 575 g/mol. The number of nitrogens with zero attached hydrogens (tertiary/aromatic N) is 3. The topological polar surface area (TPSA) is 134 Å². The Hall–Kier alpha value is -3.57. The number of benzene rings is 2. The molecule has 0 radical (unpaired) electrons. The second kappa shape index (κ2) is 12.5. The van der Waals surface area contributed by atoms with Gasteiger partial charge in [-0.2, -0.15) is 4.98 Å². The van der Waals surface area contributed by atoms with Crippen molar-refractivity contribution < 1.29 is 23.1 Å². The van der Waals surface area contributed by atoms with Crippen LogP contribution >= 0.6 is 11.6 Å². The SMILES string of the molecule is CCN(CC)c1ncc(NS(=O)(=O)c2ccc(Cl)cc2)c(N[C@@H](Cc2ccc(O)cc2)C(=O)OC(C)(C)C)n1. The molecule has 0 fully saturated rings. The van der Waals surface area contributed by atoms with Gasteiger partial charge >= 0.3 is 5.97 Å². The molecule has 39 heavy (non-hydrogen) atoms. The first kappa shape index (κ1) is 30.0. The average Bonchev–Trinajstić information content (AvgIpc) is 2.86. The van der Waals surface area contributed by atoms with E-state index in [4.69, 9.17) is 16.3 Å². The number of sulfonamides is 1. The number of esters is 1. The van der Waals surface area contributed by atoms with E-state index < -0.39 is 27.6 Å². The summed E-state index contributed by atoms with van der Waals surface area (Å²) in [5.41, 5.74) is 0.0424. The normalized spacial score (nSPS) is 12.5. The summed E-state index contributed by atoms with van der Waals surface area (Å²) < 4.78 is 34.5. The summed E-state index contributed by atoms with van der Waals surface area (Å²) >= 11 is 5.92. The van der Waals surface area contributed by atoms with Crippen LogP contribution in [0.2, 0.25) is 5.02 Å². The van der Waals surface area contributed by atoms with Gasteiger partial charge in [-0.25, -0.2) is 18.2 Å². The number of halogens is 1. The minimum Gasteiger partial charge on any atom is -0.508 e. The van der Waals surface area contributed by atoms with Crippen LogP contribution in [0.25, 0.3) is 0 Å². The van der Waals surface area contributed by atoms with E-state index in [2.05, 4.69) is 20.0 Å². The minimum atomic E-state index is -4.03. The molecule has 12 heteroatoms. The molecule has 0 aliphatic carbocycles. The lowest BCUT2D eigenvalue weighted by molar-refractivity contribution is -0.155. The summed E-state index contributed by atoms with van der Waals surface area (Å²) in [4.78, 5) is 24.1. The molecule has 1 aromatic heterocycles.